The monoisotopic (exact) mass is 471 g/mol. The predicted octanol–water partition coefficient (Wildman–Crippen LogP) is 3.30. The highest BCUT2D eigenvalue weighted by molar-refractivity contribution is 7.89. The third kappa shape index (κ3) is 4.85. The summed E-state index contributed by atoms with van der Waals surface area (Å²) in [7, 11) is -3.46. The molecule has 0 amide bonds. The summed E-state index contributed by atoms with van der Waals surface area (Å²) in [5.41, 5.74) is 2.24. The van der Waals surface area contributed by atoms with Crippen molar-refractivity contribution >= 4 is 22.2 Å². The molecule has 7 nitrogen and oxygen atoms in total. The Hall–Kier alpha value is -2.33. The summed E-state index contributed by atoms with van der Waals surface area (Å²) in [5, 5.41) is 4.80. The van der Waals surface area contributed by atoms with E-state index >= 15 is 0 Å². The Balaban J connectivity index is 1.43. The largest absolute Gasteiger partial charge is 0.304 e. The number of aryl methyl sites for hydroxylation is 1. The minimum atomic E-state index is -3.46. The lowest BCUT2D eigenvalue weighted by Crippen LogP contribution is -2.48. The third-order valence-electron chi connectivity index (χ3n) is 5.84. The Morgan fingerprint density at radius 1 is 0.969 bits per heavy atom. The summed E-state index contributed by atoms with van der Waals surface area (Å²) < 4.78 is 32.1. The second-order valence-corrected chi connectivity index (χ2v) is 10.4. The maximum atomic E-state index is 12.9. The van der Waals surface area contributed by atoms with Gasteiger partial charge in [-0.15, -0.1) is 0 Å². The zero-order valence-corrected chi connectivity index (χ0v) is 20.1. The number of benzene rings is 2. The molecule has 170 valence electrons. The van der Waals surface area contributed by atoms with Crippen molar-refractivity contribution in [3.8, 4) is 0 Å². The summed E-state index contributed by atoms with van der Waals surface area (Å²) in [4.78, 5) is 2.56. The molecule has 0 radical (unpaired) electrons. The first kappa shape index (κ1) is 22.8. The van der Waals surface area contributed by atoms with E-state index in [-0.39, 0.29) is 0 Å². The van der Waals surface area contributed by atoms with Crippen molar-refractivity contribution in [1.29, 1.82) is 0 Å². The standard InChI is InChI=1S/C23H29N5O2S2/c1-3-27-22(17-20-7-5-4-6-8-20)24-28(23(27)31)18-25-13-15-26(16-14-25)32(29,30)21-11-9-19(2)10-12-21/h4-12H,3,13-18H2,1-2H3. The molecule has 0 bridgehead atoms. The number of sulfonamides is 1. The third-order valence-corrected chi connectivity index (χ3v) is 8.19. The highest BCUT2D eigenvalue weighted by Crippen LogP contribution is 2.19. The van der Waals surface area contributed by atoms with Crippen LogP contribution in [0.2, 0.25) is 0 Å². The zero-order valence-electron chi connectivity index (χ0n) is 18.5. The molecule has 2 heterocycles. The van der Waals surface area contributed by atoms with Gasteiger partial charge in [0.2, 0.25) is 10.0 Å². The first-order valence-electron chi connectivity index (χ1n) is 10.9. The van der Waals surface area contributed by atoms with Crippen molar-refractivity contribution in [2.75, 3.05) is 26.2 Å². The summed E-state index contributed by atoms with van der Waals surface area (Å²) in [6.45, 7) is 7.54. The molecule has 0 unspecified atom stereocenters. The van der Waals surface area contributed by atoms with Crippen molar-refractivity contribution in [2.45, 2.75) is 38.4 Å². The predicted molar refractivity (Wildman–Crippen MR) is 127 cm³/mol. The van der Waals surface area contributed by atoms with Gasteiger partial charge >= 0.3 is 0 Å². The fourth-order valence-corrected chi connectivity index (χ4v) is 5.72. The zero-order chi connectivity index (χ0) is 22.7. The second-order valence-electron chi connectivity index (χ2n) is 8.08. The van der Waals surface area contributed by atoms with Crippen LogP contribution < -0.4 is 0 Å². The van der Waals surface area contributed by atoms with E-state index < -0.39 is 10.0 Å². The van der Waals surface area contributed by atoms with Crippen LogP contribution in [0, 0.1) is 11.7 Å². The number of rotatable bonds is 7. The van der Waals surface area contributed by atoms with Gasteiger partial charge in [0.1, 0.15) is 5.82 Å². The lowest BCUT2D eigenvalue weighted by molar-refractivity contribution is 0.144. The van der Waals surface area contributed by atoms with Gasteiger partial charge in [0.25, 0.3) is 0 Å². The van der Waals surface area contributed by atoms with Crippen molar-refractivity contribution in [1.82, 2.24) is 23.6 Å². The molecule has 9 heteroatoms. The molecule has 1 aliphatic rings. The van der Waals surface area contributed by atoms with Crippen molar-refractivity contribution in [3.63, 3.8) is 0 Å². The van der Waals surface area contributed by atoms with Gasteiger partial charge in [-0.2, -0.15) is 9.40 Å². The van der Waals surface area contributed by atoms with Gasteiger partial charge in [0.15, 0.2) is 4.77 Å². The second kappa shape index (κ2) is 9.66. The number of hydrogen-bond acceptors (Lipinski definition) is 5. The molecule has 0 N–H and O–H groups in total. The van der Waals surface area contributed by atoms with Crippen LogP contribution in [0.5, 0.6) is 0 Å². The highest BCUT2D eigenvalue weighted by Gasteiger charge is 2.28. The van der Waals surface area contributed by atoms with Crippen molar-refractivity contribution in [3.05, 3.63) is 76.3 Å². The Labute approximate surface area is 195 Å². The first-order valence-corrected chi connectivity index (χ1v) is 12.7. The molecule has 0 aliphatic carbocycles. The van der Waals surface area contributed by atoms with E-state index in [0.717, 1.165) is 24.4 Å². The lowest BCUT2D eigenvalue weighted by atomic mass is 10.1. The average Bonchev–Trinajstić information content (AvgIpc) is 3.09. The van der Waals surface area contributed by atoms with Gasteiger partial charge in [0.05, 0.1) is 11.6 Å². The van der Waals surface area contributed by atoms with E-state index in [1.807, 2.05) is 41.9 Å². The quantitative estimate of drug-likeness (QED) is 0.495. The SMILES string of the molecule is CCn1c(Cc2ccccc2)nn(CN2CCN(S(=O)(=O)c3ccc(C)cc3)CC2)c1=S. The van der Waals surface area contributed by atoms with Gasteiger partial charge in [0, 0.05) is 39.1 Å². The molecule has 32 heavy (non-hydrogen) atoms. The summed E-state index contributed by atoms with van der Waals surface area (Å²) in [6, 6.07) is 17.3. The highest BCUT2D eigenvalue weighted by atomic mass is 32.2. The van der Waals surface area contributed by atoms with Crippen LogP contribution in [-0.4, -0.2) is 58.1 Å². The molecular formula is C23H29N5O2S2. The molecule has 2 aromatic carbocycles. The molecule has 0 atom stereocenters. The van der Waals surface area contributed by atoms with Gasteiger partial charge in [-0.25, -0.2) is 13.1 Å². The molecule has 4 rings (SSSR count). The fourth-order valence-electron chi connectivity index (χ4n) is 3.96. The molecule has 1 saturated heterocycles. The fraction of sp³-hybridized carbons (Fsp3) is 0.391. The maximum absolute atomic E-state index is 12.9. The van der Waals surface area contributed by atoms with Crippen LogP contribution >= 0.6 is 12.2 Å². The van der Waals surface area contributed by atoms with E-state index in [0.29, 0.717) is 42.5 Å². The lowest BCUT2D eigenvalue weighted by Gasteiger charge is -2.33. The van der Waals surface area contributed by atoms with Crippen LogP contribution in [0.3, 0.4) is 0 Å². The summed E-state index contributed by atoms with van der Waals surface area (Å²) in [6.07, 6.45) is 0.730. The molecular weight excluding hydrogens is 442 g/mol. The molecule has 3 aromatic rings. The molecule has 1 aliphatic heterocycles. The number of nitrogens with zero attached hydrogens (tertiary/aromatic N) is 5. The van der Waals surface area contributed by atoms with Crippen LogP contribution in [0.25, 0.3) is 0 Å². The molecule has 1 fully saturated rings. The minimum Gasteiger partial charge on any atom is -0.304 e. The van der Waals surface area contributed by atoms with Crippen molar-refractivity contribution in [2.24, 2.45) is 0 Å². The Morgan fingerprint density at radius 2 is 1.62 bits per heavy atom. The summed E-state index contributed by atoms with van der Waals surface area (Å²) in [5.74, 6) is 0.948. The van der Waals surface area contributed by atoms with Crippen LogP contribution in [0.15, 0.2) is 59.5 Å². The minimum absolute atomic E-state index is 0.353. The van der Waals surface area contributed by atoms with E-state index in [1.165, 1.54) is 5.56 Å². The average molecular weight is 472 g/mol. The normalized spacial score (nSPS) is 15.8. The molecule has 0 saturated carbocycles. The smallest absolute Gasteiger partial charge is 0.243 e. The van der Waals surface area contributed by atoms with Crippen molar-refractivity contribution < 1.29 is 8.42 Å². The van der Waals surface area contributed by atoms with Gasteiger partial charge in [-0.1, -0.05) is 48.0 Å². The first-order chi connectivity index (χ1) is 15.4. The number of hydrogen-bond donors (Lipinski definition) is 0. The number of piperazine rings is 1. The van der Waals surface area contributed by atoms with Crippen LogP contribution in [0.1, 0.15) is 23.9 Å². The number of aromatic nitrogens is 3. The Bertz CT molecular complexity index is 1210. The van der Waals surface area contributed by atoms with E-state index in [4.69, 9.17) is 17.3 Å². The molecule has 0 spiro atoms. The van der Waals surface area contributed by atoms with Gasteiger partial charge < -0.3 is 4.57 Å². The summed E-state index contributed by atoms with van der Waals surface area (Å²) >= 11 is 5.68. The van der Waals surface area contributed by atoms with Gasteiger partial charge in [-0.3, -0.25) is 4.90 Å². The van der Waals surface area contributed by atoms with E-state index in [2.05, 4.69) is 28.5 Å². The Kier molecular flexibility index (Phi) is 6.90. The van der Waals surface area contributed by atoms with E-state index in [1.54, 1.807) is 16.4 Å². The topological polar surface area (TPSA) is 63.4 Å². The van der Waals surface area contributed by atoms with E-state index in [9.17, 15) is 8.42 Å². The maximum Gasteiger partial charge on any atom is 0.243 e. The Morgan fingerprint density at radius 3 is 2.25 bits per heavy atom. The van der Waals surface area contributed by atoms with Crippen LogP contribution in [0.4, 0.5) is 0 Å². The van der Waals surface area contributed by atoms with Crippen LogP contribution in [-0.2, 0) is 29.7 Å². The molecule has 1 aromatic heterocycles. The van der Waals surface area contributed by atoms with Gasteiger partial charge in [-0.05, 0) is 43.8 Å².